The molecule has 2 aliphatic rings. The van der Waals surface area contributed by atoms with Crippen molar-refractivity contribution >= 4 is 61.7 Å². The van der Waals surface area contributed by atoms with Crippen LogP contribution in [0.1, 0.15) is 30.1 Å². The van der Waals surface area contributed by atoms with Crippen molar-refractivity contribution in [3.8, 4) is 11.5 Å². The van der Waals surface area contributed by atoms with E-state index in [0.717, 1.165) is 34.8 Å². The number of benzene rings is 5. The van der Waals surface area contributed by atoms with E-state index in [-0.39, 0.29) is 30.9 Å². The van der Waals surface area contributed by atoms with Gasteiger partial charge in [-0.05, 0) is 51.4 Å². The summed E-state index contributed by atoms with van der Waals surface area (Å²) in [6.07, 6.45) is 2.91. The van der Waals surface area contributed by atoms with Crippen LogP contribution in [0.5, 0.6) is 11.5 Å². The molecule has 40 heavy (non-hydrogen) atoms. The van der Waals surface area contributed by atoms with E-state index in [1.807, 2.05) is 23.2 Å². The van der Waals surface area contributed by atoms with E-state index in [0.29, 0.717) is 28.7 Å². The number of amides is 2. The number of hydrogen-bond acceptors (Lipinski definition) is 5. The summed E-state index contributed by atoms with van der Waals surface area (Å²) in [5.41, 5.74) is 1.84. The molecule has 1 fully saturated rings. The molecule has 0 spiro atoms. The average molecular weight is 532 g/mol. The summed E-state index contributed by atoms with van der Waals surface area (Å²) in [5, 5.41) is 9.97. The highest BCUT2D eigenvalue weighted by Gasteiger charge is 2.35. The number of nitrogens with zero attached hydrogens (tertiary/aromatic N) is 2. The number of methoxy groups -OCH3 is 1. The third-order valence-corrected chi connectivity index (χ3v) is 8.10. The van der Waals surface area contributed by atoms with Gasteiger partial charge in [0.2, 0.25) is 5.91 Å². The van der Waals surface area contributed by atoms with E-state index in [2.05, 4.69) is 59.7 Å². The van der Waals surface area contributed by atoms with Gasteiger partial charge < -0.3 is 19.7 Å². The van der Waals surface area contributed by atoms with E-state index in [9.17, 15) is 9.59 Å². The third-order valence-electron chi connectivity index (χ3n) is 8.10. The summed E-state index contributed by atoms with van der Waals surface area (Å²) in [4.78, 5) is 32.7. The Hall–Kier alpha value is -4.65. The van der Waals surface area contributed by atoms with Crippen molar-refractivity contribution in [2.24, 2.45) is 10.9 Å². The second kappa shape index (κ2) is 9.52. The molecule has 1 unspecified atom stereocenters. The quantitative estimate of drug-likeness (QED) is 0.252. The van der Waals surface area contributed by atoms with E-state index in [4.69, 9.17) is 9.47 Å². The fourth-order valence-electron chi connectivity index (χ4n) is 6.19. The van der Waals surface area contributed by atoms with E-state index in [1.54, 1.807) is 19.2 Å². The lowest BCUT2D eigenvalue weighted by molar-refractivity contribution is -0.116. The van der Waals surface area contributed by atoms with Crippen LogP contribution in [-0.4, -0.2) is 49.2 Å². The van der Waals surface area contributed by atoms with Crippen LogP contribution in [0.4, 0.5) is 11.4 Å². The van der Waals surface area contributed by atoms with Crippen molar-refractivity contribution in [3.05, 3.63) is 72.3 Å². The number of ether oxygens (including phenoxy) is 2. The van der Waals surface area contributed by atoms with Gasteiger partial charge in [0.1, 0.15) is 0 Å². The number of aliphatic imine (C=N–C) groups is 1. The zero-order valence-electron chi connectivity index (χ0n) is 22.4. The van der Waals surface area contributed by atoms with Crippen molar-refractivity contribution in [2.45, 2.75) is 25.8 Å². The first-order valence-electron chi connectivity index (χ1n) is 13.7. The zero-order chi connectivity index (χ0) is 27.4. The minimum absolute atomic E-state index is 0.00807. The Balaban J connectivity index is 1.08. The normalized spacial score (nSPS) is 18.2. The molecule has 2 amide bonds. The SMILES string of the molecule is COc1cc2c(cc1OCCC(=O)Nc1ccc3ccc4cccc5ccc1c3c45)N=C[C@@H]1CC(C)CN1C2=O. The number of nitrogens with one attached hydrogen (secondary N) is 1. The molecule has 7 rings (SSSR count). The fraction of sp³-hybridized carbons (Fsp3) is 0.242. The smallest absolute Gasteiger partial charge is 0.256 e. The van der Waals surface area contributed by atoms with Crippen LogP contribution in [0.25, 0.3) is 32.3 Å². The third kappa shape index (κ3) is 4.01. The highest BCUT2D eigenvalue weighted by molar-refractivity contribution is 6.25. The van der Waals surface area contributed by atoms with Gasteiger partial charge >= 0.3 is 0 Å². The number of carbonyl (C=O) groups excluding carboxylic acids is 2. The minimum Gasteiger partial charge on any atom is -0.493 e. The molecule has 0 bridgehead atoms. The maximum atomic E-state index is 13.2. The molecule has 7 heteroatoms. The Kier molecular flexibility index (Phi) is 5.81. The molecule has 2 heterocycles. The first-order chi connectivity index (χ1) is 19.5. The van der Waals surface area contributed by atoms with Crippen molar-refractivity contribution < 1.29 is 19.1 Å². The average Bonchev–Trinajstić information content (AvgIpc) is 3.30. The van der Waals surface area contributed by atoms with Gasteiger partial charge in [0, 0.05) is 29.9 Å². The van der Waals surface area contributed by atoms with E-state index >= 15 is 0 Å². The summed E-state index contributed by atoms with van der Waals surface area (Å²) < 4.78 is 11.5. The van der Waals surface area contributed by atoms with Gasteiger partial charge in [0.15, 0.2) is 11.5 Å². The van der Waals surface area contributed by atoms with Crippen LogP contribution in [0.2, 0.25) is 0 Å². The second-order valence-electron chi connectivity index (χ2n) is 10.8. The maximum absolute atomic E-state index is 13.2. The molecule has 7 nitrogen and oxygen atoms in total. The maximum Gasteiger partial charge on any atom is 0.256 e. The molecule has 200 valence electrons. The van der Waals surface area contributed by atoms with E-state index in [1.165, 1.54) is 16.2 Å². The molecular weight excluding hydrogens is 502 g/mol. The minimum atomic E-state index is -0.147. The molecule has 0 aliphatic carbocycles. The molecule has 0 radical (unpaired) electrons. The standard InChI is InChI=1S/C33H29N3O4/c1-19-14-23-17-34-27-16-29(28(39-2)15-25(27)33(38)36(23)18-19)40-13-12-30(37)35-26-11-9-22-7-6-20-4-3-5-21-8-10-24(26)32(22)31(20)21/h3-11,15-17,19,23H,12-14,18H2,1-2H3,(H,35,37)/t19?,23-/m0/s1. The zero-order valence-corrected chi connectivity index (χ0v) is 22.4. The summed E-state index contributed by atoms with van der Waals surface area (Å²) in [7, 11) is 1.54. The van der Waals surface area contributed by atoms with Crippen molar-refractivity contribution in [2.75, 3.05) is 25.6 Å². The van der Waals surface area contributed by atoms with Gasteiger partial charge in [-0.3, -0.25) is 14.6 Å². The lowest BCUT2D eigenvalue weighted by atomic mass is 9.93. The second-order valence-corrected chi connectivity index (χ2v) is 10.8. The van der Waals surface area contributed by atoms with Crippen LogP contribution in [0.15, 0.2) is 71.7 Å². The first-order valence-corrected chi connectivity index (χ1v) is 13.7. The highest BCUT2D eigenvalue weighted by atomic mass is 16.5. The monoisotopic (exact) mass is 531 g/mol. The highest BCUT2D eigenvalue weighted by Crippen LogP contribution is 2.39. The molecule has 1 N–H and O–H groups in total. The summed E-state index contributed by atoms with van der Waals surface area (Å²) in [5.74, 6) is 1.15. The number of anilines is 1. The first kappa shape index (κ1) is 24.4. The van der Waals surface area contributed by atoms with Gasteiger partial charge in [-0.15, -0.1) is 0 Å². The largest absolute Gasteiger partial charge is 0.493 e. The number of hydrogen-bond donors (Lipinski definition) is 1. The van der Waals surface area contributed by atoms with Crippen molar-refractivity contribution in [1.82, 2.24) is 4.90 Å². The summed E-state index contributed by atoms with van der Waals surface area (Å²) in [6.45, 7) is 3.02. The molecule has 2 atom stereocenters. The van der Waals surface area contributed by atoms with Gasteiger partial charge in [-0.25, -0.2) is 0 Å². The Bertz CT molecular complexity index is 1810. The van der Waals surface area contributed by atoms with Crippen molar-refractivity contribution in [3.63, 3.8) is 0 Å². The lowest BCUT2D eigenvalue weighted by Crippen LogP contribution is -2.35. The lowest BCUT2D eigenvalue weighted by Gasteiger charge is -2.20. The van der Waals surface area contributed by atoms with Crippen LogP contribution in [0.3, 0.4) is 0 Å². The molecular formula is C33H29N3O4. The van der Waals surface area contributed by atoms with Gasteiger partial charge in [-0.1, -0.05) is 55.5 Å². The van der Waals surface area contributed by atoms with E-state index < -0.39 is 0 Å². The molecule has 1 saturated heterocycles. The Morgan fingerprint density at radius 3 is 2.55 bits per heavy atom. The van der Waals surface area contributed by atoms with Crippen LogP contribution in [-0.2, 0) is 4.79 Å². The topological polar surface area (TPSA) is 80.2 Å². The number of rotatable bonds is 6. The van der Waals surface area contributed by atoms with Gasteiger partial charge in [0.25, 0.3) is 5.91 Å². The predicted molar refractivity (Wildman–Crippen MR) is 159 cm³/mol. The van der Waals surface area contributed by atoms with Crippen LogP contribution >= 0.6 is 0 Å². The predicted octanol–water partition coefficient (Wildman–Crippen LogP) is 6.57. The molecule has 2 aliphatic heterocycles. The summed E-state index contributed by atoms with van der Waals surface area (Å²) >= 11 is 0. The fourth-order valence-corrected chi connectivity index (χ4v) is 6.19. The Morgan fingerprint density at radius 1 is 1.00 bits per heavy atom. The van der Waals surface area contributed by atoms with Crippen molar-refractivity contribution in [1.29, 1.82) is 0 Å². The molecule has 5 aromatic carbocycles. The molecule has 5 aromatic rings. The molecule has 0 saturated carbocycles. The summed E-state index contributed by atoms with van der Waals surface area (Å²) in [6, 6.07) is 22.2. The number of fused-ring (bicyclic) bond motifs is 2. The Morgan fingerprint density at radius 2 is 1.75 bits per heavy atom. The van der Waals surface area contributed by atoms with Gasteiger partial charge in [0.05, 0.1) is 37.4 Å². The molecule has 0 aromatic heterocycles. The number of carbonyl (C=O) groups is 2. The van der Waals surface area contributed by atoms with Crippen LogP contribution < -0.4 is 14.8 Å². The van der Waals surface area contributed by atoms with Crippen LogP contribution in [0, 0.1) is 5.92 Å². The Labute approximate surface area is 231 Å². The van der Waals surface area contributed by atoms with Gasteiger partial charge in [-0.2, -0.15) is 0 Å².